The van der Waals surface area contributed by atoms with Crippen molar-refractivity contribution < 1.29 is 9.47 Å². The highest BCUT2D eigenvalue weighted by molar-refractivity contribution is 5.36. The van der Waals surface area contributed by atoms with E-state index in [9.17, 15) is 0 Å². The van der Waals surface area contributed by atoms with Crippen LogP contribution in [0.3, 0.4) is 0 Å². The van der Waals surface area contributed by atoms with E-state index in [2.05, 4.69) is 38.2 Å². The molecule has 1 aliphatic rings. The molecule has 1 heterocycles. The van der Waals surface area contributed by atoms with Crippen LogP contribution in [0.2, 0.25) is 0 Å². The van der Waals surface area contributed by atoms with Gasteiger partial charge < -0.3 is 14.8 Å². The van der Waals surface area contributed by atoms with Gasteiger partial charge >= 0.3 is 0 Å². The second-order valence-electron chi connectivity index (χ2n) is 5.34. The van der Waals surface area contributed by atoms with Crippen molar-refractivity contribution in [2.75, 3.05) is 13.7 Å². The zero-order valence-corrected chi connectivity index (χ0v) is 11.7. The van der Waals surface area contributed by atoms with Gasteiger partial charge in [-0.3, -0.25) is 0 Å². The van der Waals surface area contributed by atoms with Crippen molar-refractivity contribution in [3.63, 3.8) is 0 Å². The summed E-state index contributed by atoms with van der Waals surface area (Å²) in [7, 11) is 1.71. The molecule has 0 radical (unpaired) electrons. The van der Waals surface area contributed by atoms with Crippen LogP contribution in [0, 0.1) is 6.92 Å². The van der Waals surface area contributed by atoms with E-state index in [4.69, 9.17) is 9.47 Å². The zero-order valence-electron chi connectivity index (χ0n) is 11.7. The van der Waals surface area contributed by atoms with Crippen LogP contribution in [0.4, 0.5) is 0 Å². The molecule has 0 amide bonds. The average molecular weight is 249 g/mol. The lowest BCUT2D eigenvalue weighted by Crippen LogP contribution is -2.47. The molecule has 2 unspecified atom stereocenters. The number of benzene rings is 1. The molecule has 3 nitrogen and oxygen atoms in total. The first-order chi connectivity index (χ1) is 8.55. The molecule has 100 valence electrons. The van der Waals surface area contributed by atoms with Gasteiger partial charge in [-0.2, -0.15) is 0 Å². The number of methoxy groups -OCH3 is 1. The number of hydrogen-bond donors (Lipinski definition) is 1. The predicted molar refractivity (Wildman–Crippen MR) is 73.0 cm³/mol. The number of ether oxygens (including phenoxy) is 2. The quantitative estimate of drug-likeness (QED) is 0.890. The number of aryl methyl sites for hydroxylation is 1. The Kier molecular flexibility index (Phi) is 3.93. The molecular formula is C15H23NO2. The fourth-order valence-electron chi connectivity index (χ4n) is 2.42. The summed E-state index contributed by atoms with van der Waals surface area (Å²) < 4.78 is 10.9. The topological polar surface area (TPSA) is 30.5 Å². The van der Waals surface area contributed by atoms with Gasteiger partial charge in [0.25, 0.3) is 0 Å². The van der Waals surface area contributed by atoms with Gasteiger partial charge in [-0.05, 0) is 44.4 Å². The van der Waals surface area contributed by atoms with Crippen LogP contribution >= 0.6 is 0 Å². The van der Waals surface area contributed by atoms with E-state index < -0.39 is 0 Å². The Morgan fingerprint density at radius 3 is 2.83 bits per heavy atom. The molecule has 1 fully saturated rings. The maximum absolute atomic E-state index is 5.63. The normalized spacial score (nSPS) is 27.4. The minimum atomic E-state index is 0.0911. The summed E-state index contributed by atoms with van der Waals surface area (Å²) in [5.74, 6) is 0.947. The van der Waals surface area contributed by atoms with Crippen LogP contribution in [0.15, 0.2) is 18.2 Å². The summed E-state index contributed by atoms with van der Waals surface area (Å²) in [6.45, 7) is 8.17. The van der Waals surface area contributed by atoms with Crippen LogP contribution in [0.1, 0.15) is 31.4 Å². The Morgan fingerprint density at radius 1 is 1.50 bits per heavy atom. The summed E-state index contributed by atoms with van der Waals surface area (Å²) in [4.78, 5) is 0. The molecule has 2 atom stereocenters. The molecular weight excluding hydrogens is 226 g/mol. The maximum Gasteiger partial charge on any atom is 0.121 e. The van der Waals surface area contributed by atoms with Crippen molar-refractivity contribution in [2.24, 2.45) is 0 Å². The van der Waals surface area contributed by atoms with E-state index in [0.717, 1.165) is 25.3 Å². The Hall–Kier alpha value is -1.06. The highest BCUT2D eigenvalue weighted by atomic mass is 16.5. The number of nitrogens with one attached hydrogen (secondary N) is 1. The van der Waals surface area contributed by atoms with Gasteiger partial charge in [-0.15, -0.1) is 0 Å². The molecule has 1 aromatic rings. The van der Waals surface area contributed by atoms with Crippen LogP contribution in [0.5, 0.6) is 5.75 Å². The van der Waals surface area contributed by atoms with E-state index in [1.54, 1.807) is 7.11 Å². The minimum Gasteiger partial charge on any atom is -0.496 e. The molecule has 0 aliphatic carbocycles. The maximum atomic E-state index is 5.63. The highest BCUT2D eigenvalue weighted by Crippen LogP contribution is 2.26. The van der Waals surface area contributed by atoms with Crippen molar-refractivity contribution in [1.82, 2.24) is 5.32 Å². The highest BCUT2D eigenvalue weighted by Gasteiger charge is 2.36. The third kappa shape index (κ3) is 2.68. The van der Waals surface area contributed by atoms with Gasteiger partial charge in [0.15, 0.2) is 0 Å². The minimum absolute atomic E-state index is 0.0911. The van der Waals surface area contributed by atoms with Gasteiger partial charge in [0.05, 0.1) is 13.2 Å². The zero-order chi connectivity index (χ0) is 13.2. The molecule has 0 saturated carbocycles. The smallest absolute Gasteiger partial charge is 0.121 e. The van der Waals surface area contributed by atoms with Crippen LogP contribution in [-0.4, -0.2) is 25.4 Å². The summed E-state index contributed by atoms with van der Waals surface area (Å²) in [6, 6.07) is 6.32. The van der Waals surface area contributed by atoms with E-state index in [1.165, 1.54) is 11.1 Å². The van der Waals surface area contributed by atoms with Gasteiger partial charge in [0.1, 0.15) is 5.75 Å². The second kappa shape index (κ2) is 5.29. The Morgan fingerprint density at radius 2 is 2.28 bits per heavy atom. The molecule has 0 spiro atoms. The van der Waals surface area contributed by atoms with Crippen LogP contribution in [-0.2, 0) is 11.3 Å². The largest absolute Gasteiger partial charge is 0.496 e. The first kappa shape index (κ1) is 13.4. The summed E-state index contributed by atoms with van der Waals surface area (Å²) >= 11 is 0. The molecule has 18 heavy (non-hydrogen) atoms. The Balaban J connectivity index is 2.00. The Labute approximate surface area is 109 Å². The van der Waals surface area contributed by atoms with Gasteiger partial charge in [-0.1, -0.05) is 12.1 Å². The molecule has 1 saturated heterocycles. The Bertz CT molecular complexity index is 419. The van der Waals surface area contributed by atoms with Crippen LogP contribution < -0.4 is 10.1 Å². The summed E-state index contributed by atoms with van der Waals surface area (Å²) in [6.07, 6.45) is 1.35. The molecule has 1 aliphatic heterocycles. The molecule has 0 aromatic heterocycles. The van der Waals surface area contributed by atoms with Crippen LogP contribution in [0.25, 0.3) is 0 Å². The fourth-order valence-corrected chi connectivity index (χ4v) is 2.42. The average Bonchev–Trinajstić information content (AvgIpc) is 2.68. The van der Waals surface area contributed by atoms with Gasteiger partial charge in [0, 0.05) is 18.7 Å². The number of hydrogen-bond acceptors (Lipinski definition) is 3. The molecule has 2 rings (SSSR count). The predicted octanol–water partition coefficient (Wildman–Crippen LogP) is 2.66. The first-order valence-electron chi connectivity index (χ1n) is 6.55. The van der Waals surface area contributed by atoms with Gasteiger partial charge in [0.2, 0.25) is 0 Å². The lowest BCUT2D eigenvalue weighted by molar-refractivity contribution is 0.0881. The van der Waals surface area contributed by atoms with Crippen molar-refractivity contribution in [1.29, 1.82) is 0 Å². The van der Waals surface area contributed by atoms with Gasteiger partial charge in [-0.25, -0.2) is 0 Å². The SMILES string of the molecule is COc1ccc(CNC2(C)CCOC2C)cc1C. The standard InChI is InChI=1S/C15H23NO2/c1-11-9-13(5-6-14(11)17-4)10-16-15(3)7-8-18-12(15)2/h5-6,9,12,16H,7-8,10H2,1-4H3. The first-order valence-corrected chi connectivity index (χ1v) is 6.55. The molecule has 3 heteroatoms. The second-order valence-corrected chi connectivity index (χ2v) is 5.34. The summed E-state index contributed by atoms with van der Waals surface area (Å²) in [5, 5.41) is 3.62. The lowest BCUT2D eigenvalue weighted by atomic mass is 9.94. The molecule has 0 bridgehead atoms. The van der Waals surface area contributed by atoms with E-state index in [-0.39, 0.29) is 11.6 Å². The summed E-state index contributed by atoms with van der Waals surface area (Å²) in [5.41, 5.74) is 2.56. The lowest BCUT2D eigenvalue weighted by Gasteiger charge is -2.29. The van der Waals surface area contributed by atoms with Crippen molar-refractivity contribution in [3.8, 4) is 5.75 Å². The van der Waals surface area contributed by atoms with Crippen molar-refractivity contribution in [3.05, 3.63) is 29.3 Å². The molecule has 1 aromatic carbocycles. The molecule has 1 N–H and O–H groups in total. The third-order valence-electron chi connectivity index (χ3n) is 4.04. The van der Waals surface area contributed by atoms with Crippen molar-refractivity contribution >= 4 is 0 Å². The van der Waals surface area contributed by atoms with Crippen molar-refractivity contribution in [2.45, 2.75) is 45.4 Å². The third-order valence-corrected chi connectivity index (χ3v) is 4.04. The van der Waals surface area contributed by atoms with E-state index in [0.29, 0.717) is 0 Å². The number of rotatable bonds is 4. The monoisotopic (exact) mass is 249 g/mol. The fraction of sp³-hybridized carbons (Fsp3) is 0.600. The van der Waals surface area contributed by atoms with E-state index in [1.807, 2.05) is 6.07 Å². The van der Waals surface area contributed by atoms with E-state index >= 15 is 0 Å².